The van der Waals surface area contributed by atoms with E-state index < -0.39 is 15.6 Å². The van der Waals surface area contributed by atoms with Gasteiger partial charge < -0.3 is 4.90 Å². The molecule has 0 aromatic heterocycles. The van der Waals surface area contributed by atoms with E-state index >= 15 is 0 Å². The lowest BCUT2D eigenvalue weighted by Gasteiger charge is -2.34. The Morgan fingerprint density at radius 3 is 2.35 bits per heavy atom. The Morgan fingerprint density at radius 1 is 1.13 bits per heavy atom. The Kier molecular flexibility index (Phi) is 6.31. The van der Waals surface area contributed by atoms with Crippen LogP contribution in [0.1, 0.15) is 5.56 Å². The second-order valence-electron chi connectivity index (χ2n) is 5.79. The SMILES string of the molecule is CS(=O)(=O)CC(=O)N1CCN(CCc2ccc(Cl)c(Cl)c2)CC1. The average molecular weight is 379 g/mol. The first-order chi connectivity index (χ1) is 10.7. The second-order valence-corrected chi connectivity index (χ2v) is 8.75. The summed E-state index contributed by atoms with van der Waals surface area (Å²) < 4.78 is 22.4. The first-order valence-electron chi connectivity index (χ1n) is 7.36. The molecule has 0 atom stereocenters. The highest BCUT2D eigenvalue weighted by atomic mass is 35.5. The van der Waals surface area contributed by atoms with Gasteiger partial charge in [-0.1, -0.05) is 29.3 Å². The van der Waals surface area contributed by atoms with E-state index in [2.05, 4.69) is 4.90 Å². The van der Waals surface area contributed by atoms with Crippen molar-refractivity contribution in [3.05, 3.63) is 33.8 Å². The van der Waals surface area contributed by atoms with Gasteiger partial charge in [-0.3, -0.25) is 9.69 Å². The summed E-state index contributed by atoms with van der Waals surface area (Å²) in [7, 11) is -3.27. The Labute approximate surface area is 147 Å². The lowest BCUT2D eigenvalue weighted by atomic mass is 10.1. The summed E-state index contributed by atoms with van der Waals surface area (Å²) in [6.45, 7) is 3.49. The molecule has 1 heterocycles. The van der Waals surface area contributed by atoms with Crippen molar-refractivity contribution in [3.8, 4) is 0 Å². The number of hydrogen-bond donors (Lipinski definition) is 0. The summed E-state index contributed by atoms with van der Waals surface area (Å²) >= 11 is 11.9. The zero-order valence-electron chi connectivity index (χ0n) is 13.0. The van der Waals surface area contributed by atoms with Gasteiger partial charge in [0.05, 0.1) is 10.0 Å². The molecule has 1 saturated heterocycles. The Balaban J connectivity index is 1.78. The molecule has 1 aromatic rings. The molecule has 0 bridgehead atoms. The van der Waals surface area contributed by atoms with Gasteiger partial charge in [-0.2, -0.15) is 0 Å². The van der Waals surface area contributed by atoms with Gasteiger partial charge in [-0.15, -0.1) is 0 Å². The fourth-order valence-electron chi connectivity index (χ4n) is 2.52. The molecule has 0 N–H and O–H groups in total. The number of carbonyl (C=O) groups is 1. The number of rotatable bonds is 5. The van der Waals surface area contributed by atoms with E-state index in [1.165, 1.54) is 0 Å². The number of nitrogens with zero attached hydrogens (tertiary/aromatic N) is 2. The van der Waals surface area contributed by atoms with Crippen LogP contribution in [0.5, 0.6) is 0 Å². The lowest BCUT2D eigenvalue weighted by molar-refractivity contribution is -0.130. The van der Waals surface area contributed by atoms with Crippen molar-refractivity contribution in [2.45, 2.75) is 6.42 Å². The first kappa shape index (κ1) is 18.5. The number of carbonyl (C=O) groups excluding carboxylic acids is 1. The summed E-state index contributed by atoms with van der Waals surface area (Å²) in [4.78, 5) is 15.7. The largest absolute Gasteiger partial charge is 0.339 e. The van der Waals surface area contributed by atoms with Crippen molar-refractivity contribution >= 4 is 38.9 Å². The van der Waals surface area contributed by atoms with E-state index in [9.17, 15) is 13.2 Å². The van der Waals surface area contributed by atoms with Crippen molar-refractivity contribution < 1.29 is 13.2 Å². The van der Waals surface area contributed by atoms with Crippen LogP contribution in [-0.2, 0) is 21.1 Å². The van der Waals surface area contributed by atoms with E-state index in [1.54, 1.807) is 11.0 Å². The zero-order chi connectivity index (χ0) is 17.0. The predicted molar refractivity (Wildman–Crippen MR) is 92.9 cm³/mol. The smallest absolute Gasteiger partial charge is 0.237 e. The maximum absolute atomic E-state index is 11.9. The zero-order valence-corrected chi connectivity index (χ0v) is 15.3. The number of benzene rings is 1. The van der Waals surface area contributed by atoms with Crippen LogP contribution >= 0.6 is 23.2 Å². The molecule has 0 spiro atoms. The van der Waals surface area contributed by atoms with Crippen molar-refractivity contribution in [1.82, 2.24) is 9.80 Å². The van der Waals surface area contributed by atoms with Crippen LogP contribution in [0.25, 0.3) is 0 Å². The van der Waals surface area contributed by atoms with Gasteiger partial charge in [0.1, 0.15) is 5.75 Å². The van der Waals surface area contributed by atoms with Gasteiger partial charge in [-0.25, -0.2) is 8.42 Å². The van der Waals surface area contributed by atoms with E-state index in [0.29, 0.717) is 23.1 Å². The summed E-state index contributed by atoms with van der Waals surface area (Å²) in [5.41, 5.74) is 1.12. The van der Waals surface area contributed by atoms with E-state index in [1.807, 2.05) is 12.1 Å². The van der Waals surface area contributed by atoms with Gasteiger partial charge in [-0.05, 0) is 24.1 Å². The van der Waals surface area contributed by atoms with Crippen LogP contribution in [0.2, 0.25) is 10.0 Å². The molecule has 0 unspecified atom stereocenters. The molecular formula is C15H20Cl2N2O3S. The molecule has 1 aromatic carbocycles. The summed E-state index contributed by atoms with van der Waals surface area (Å²) in [6.07, 6.45) is 1.94. The van der Waals surface area contributed by atoms with Crippen molar-refractivity contribution in [1.29, 1.82) is 0 Å². The summed E-state index contributed by atoms with van der Waals surface area (Å²) in [6, 6.07) is 5.62. The van der Waals surface area contributed by atoms with Gasteiger partial charge in [0.25, 0.3) is 0 Å². The fourth-order valence-corrected chi connectivity index (χ4v) is 3.47. The first-order valence-corrected chi connectivity index (χ1v) is 10.2. The molecule has 1 aliphatic heterocycles. The molecule has 5 nitrogen and oxygen atoms in total. The maximum Gasteiger partial charge on any atom is 0.237 e. The van der Waals surface area contributed by atoms with Crippen LogP contribution in [0.3, 0.4) is 0 Å². The van der Waals surface area contributed by atoms with E-state index in [0.717, 1.165) is 37.9 Å². The van der Waals surface area contributed by atoms with Crippen LogP contribution in [0.4, 0.5) is 0 Å². The number of amides is 1. The minimum Gasteiger partial charge on any atom is -0.339 e. The van der Waals surface area contributed by atoms with Gasteiger partial charge in [0, 0.05) is 39.0 Å². The molecule has 0 saturated carbocycles. The third-order valence-corrected chi connectivity index (χ3v) is 5.32. The molecule has 1 aliphatic rings. The number of hydrogen-bond acceptors (Lipinski definition) is 4. The summed E-state index contributed by atoms with van der Waals surface area (Å²) in [5.74, 6) is -0.715. The number of halogens is 2. The van der Waals surface area contributed by atoms with E-state index in [-0.39, 0.29) is 5.91 Å². The molecular weight excluding hydrogens is 359 g/mol. The Morgan fingerprint density at radius 2 is 1.78 bits per heavy atom. The quantitative estimate of drug-likeness (QED) is 0.782. The molecule has 2 rings (SSSR count). The summed E-state index contributed by atoms with van der Waals surface area (Å²) in [5, 5.41) is 1.11. The van der Waals surface area contributed by atoms with Crippen molar-refractivity contribution in [2.75, 3.05) is 44.7 Å². The maximum atomic E-state index is 11.9. The van der Waals surface area contributed by atoms with Gasteiger partial charge >= 0.3 is 0 Å². The molecule has 23 heavy (non-hydrogen) atoms. The van der Waals surface area contributed by atoms with Gasteiger partial charge in [0.15, 0.2) is 9.84 Å². The molecule has 0 aliphatic carbocycles. The van der Waals surface area contributed by atoms with Crippen LogP contribution in [0.15, 0.2) is 18.2 Å². The Bertz CT molecular complexity index is 671. The van der Waals surface area contributed by atoms with Crippen molar-refractivity contribution in [2.24, 2.45) is 0 Å². The third-order valence-electron chi connectivity index (χ3n) is 3.81. The highest BCUT2D eigenvalue weighted by Crippen LogP contribution is 2.22. The monoisotopic (exact) mass is 378 g/mol. The van der Waals surface area contributed by atoms with E-state index in [4.69, 9.17) is 23.2 Å². The minimum absolute atomic E-state index is 0.309. The standard InChI is InChI=1S/C15H20Cl2N2O3S/c1-23(21,22)11-15(20)19-8-6-18(7-9-19)5-4-12-2-3-13(16)14(17)10-12/h2-3,10H,4-9,11H2,1H3. The van der Waals surface area contributed by atoms with Crippen LogP contribution in [0, 0.1) is 0 Å². The molecule has 8 heteroatoms. The highest BCUT2D eigenvalue weighted by Gasteiger charge is 2.23. The van der Waals surface area contributed by atoms with Crippen LogP contribution < -0.4 is 0 Å². The number of sulfone groups is 1. The van der Waals surface area contributed by atoms with Crippen LogP contribution in [-0.4, -0.2) is 68.9 Å². The minimum atomic E-state index is -3.27. The normalized spacial score (nSPS) is 16.6. The van der Waals surface area contributed by atoms with Gasteiger partial charge in [0.2, 0.25) is 5.91 Å². The third kappa shape index (κ3) is 5.95. The molecule has 1 amide bonds. The topological polar surface area (TPSA) is 57.7 Å². The number of piperazine rings is 1. The molecule has 1 fully saturated rings. The molecule has 128 valence electrons. The molecule has 0 radical (unpaired) electrons. The van der Waals surface area contributed by atoms with Crippen molar-refractivity contribution in [3.63, 3.8) is 0 Å². The fraction of sp³-hybridized carbons (Fsp3) is 0.533. The second kappa shape index (κ2) is 7.83. The Hall–Kier alpha value is -0.820. The average Bonchev–Trinajstić information content (AvgIpc) is 2.47. The predicted octanol–water partition coefficient (Wildman–Crippen LogP) is 1.72. The highest BCUT2D eigenvalue weighted by molar-refractivity contribution is 7.91. The lowest BCUT2D eigenvalue weighted by Crippen LogP contribution is -2.50.